The van der Waals surface area contributed by atoms with Crippen molar-refractivity contribution in [3.05, 3.63) is 58.9 Å². The van der Waals surface area contributed by atoms with Crippen molar-refractivity contribution in [3.63, 3.8) is 0 Å². The van der Waals surface area contributed by atoms with Crippen LogP contribution in [0.4, 0.5) is 4.79 Å². The number of benzene rings is 1. The lowest BCUT2D eigenvalue weighted by Crippen LogP contribution is -2.35. The maximum absolute atomic E-state index is 13.1. The van der Waals surface area contributed by atoms with Crippen molar-refractivity contribution in [2.75, 3.05) is 19.5 Å². The van der Waals surface area contributed by atoms with Crippen molar-refractivity contribution in [1.29, 1.82) is 0 Å². The smallest absolute Gasteiger partial charge is 0.411 e. The number of hydrogen-bond acceptors (Lipinski definition) is 7. The Morgan fingerprint density at radius 1 is 1.19 bits per heavy atom. The SMILES string of the molecule is CC[C@H]1c2ncc(C(=O)N[C@@H](COC)c3ccc(S(=O)(=O)CC)cc3)cc2CN1C(=O)OC(C)(C)C. The van der Waals surface area contributed by atoms with Gasteiger partial charge in [0.2, 0.25) is 0 Å². The highest BCUT2D eigenvalue weighted by Crippen LogP contribution is 2.36. The van der Waals surface area contributed by atoms with Crippen molar-refractivity contribution in [2.24, 2.45) is 0 Å². The first-order chi connectivity index (χ1) is 16.9. The number of amides is 2. The lowest BCUT2D eigenvalue weighted by atomic mass is 10.1. The standard InChI is InChI=1S/C26H35N3O6S/c1-7-22-23-19(15-29(22)25(31)35-26(3,4)5)13-18(14-27-23)24(30)28-21(16-34-6)17-9-11-20(12-10-17)36(32,33)8-2/h9-14,21-22H,7-8,15-16H2,1-6H3,(H,28,30)/t21-,22-/m0/s1. The predicted molar refractivity (Wildman–Crippen MR) is 135 cm³/mol. The number of pyridine rings is 1. The molecule has 0 bridgehead atoms. The molecule has 2 heterocycles. The summed E-state index contributed by atoms with van der Waals surface area (Å²) in [4.78, 5) is 32.3. The molecule has 2 amide bonds. The molecule has 0 unspecified atom stereocenters. The van der Waals surface area contributed by atoms with E-state index in [1.54, 1.807) is 30.0 Å². The molecule has 2 aromatic rings. The number of methoxy groups -OCH3 is 1. The molecule has 36 heavy (non-hydrogen) atoms. The molecule has 0 spiro atoms. The van der Waals surface area contributed by atoms with Crippen molar-refractivity contribution in [2.45, 2.75) is 70.2 Å². The van der Waals surface area contributed by atoms with E-state index in [-0.39, 0.29) is 29.2 Å². The largest absolute Gasteiger partial charge is 0.444 e. The van der Waals surface area contributed by atoms with Crippen LogP contribution < -0.4 is 5.32 Å². The van der Waals surface area contributed by atoms with E-state index in [1.807, 2.05) is 27.7 Å². The molecule has 3 rings (SSSR count). The normalized spacial score (nSPS) is 16.4. The molecule has 196 valence electrons. The Morgan fingerprint density at radius 2 is 1.86 bits per heavy atom. The summed E-state index contributed by atoms with van der Waals surface area (Å²) in [6, 6.07) is 7.48. The van der Waals surface area contributed by atoms with Crippen LogP contribution in [0.1, 0.15) is 80.3 Å². The van der Waals surface area contributed by atoms with Gasteiger partial charge >= 0.3 is 6.09 Å². The average molecular weight is 518 g/mol. The van der Waals surface area contributed by atoms with Gasteiger partial charge in [0.15, 0.2) is 9.84 Å². The number of fused-ring (bicyclic) bond motifs is 1. The maximum atomic E-state index is 13.1. The quantitative estimate of drug-likeness (QED) is 0.558. The minimum absolute atomic E-state index is 0.0140. The number of rotatable bonds is 8. The zero-order valence-electron chi connectivity index (χ0n) is 21.7. The van der Waals surface area contributed by atoms with Gasteiger partial charge in [-0.1, -0.05) is 26.0 Å². The first-order valence-electron chi connectivity index (χ1n) is 12.0. The van der Waals surface area contributed by atoms with Crippen LogP contribution in [0.15, 0.2) is 41.4 Å². The molecule has 9 nitrogen and oxygen atoms in total. The Hall–Kier alpha value is -2.98. The van der Waals surface area contributed by atoms with E-state index in [1.165, 1.54) is 25.4 Å². The third-order valence-electron chi connectivity index (χ3n) is 5.97. The summed E-state index contributed by atoms with van der Waals surface area (Å²) in [6.45, 7) is 9.55. The number of ether oxygens (including phenoxy) is 2. The maximum Gasteiger partial charge on any atom is 0.411 e. The van der Waals surface area contributed by atoms with Gasteiger partial charge in [0, 0.05) is 13.3 Å². The Labute approximate surface area is 213 Å². The summed E-state index contributed by atoms with van der Waals surface area (Å²) in [5.41, 5.74) is 2.04. The molecule has 10 heteroatoms. The predicted octanol–water partition coefficient (Wildman–Crippen LogP) is 4.19. The third-order valence-corrected chi connectivity index (χ3v) is 7.72. The van der Waals surface area contributed by atoms with Crippen LogP contribution in [-0.4, -0.2) is 55.4 Å². The zero-order valence-corrected chi connectivity index (χ0v) is 22.5. The Bertz CT molecular complexity index is 1210. The molecule has 0 radical (unpaired) electrons. The van der Waals surface area contributed by atoms with Gasteiger partial charge in [0.05, 0.1) is 47.1 Å². The van der Waals surface area contributed by atoms with Crippen LogP contribution in [-0.2, 0) is 25.9 Å². The monoisotopic (exact) mass is 517 g/mol. The molecular weight excluding hydrogens is 482 g/mol. The van der Waals surface area contributed by atoms with Gasteiger partial charge in [-0.15, -0.1) is 0 Å². The Morgan fingerprint density at radius 3 is 2.42 bits per heavy atom. The van der Waals surface area contributed by atoms with Crippen molar-refractivity contribution < 1.29 is 27.5 Å². The second kappa shape index (κ2) is 11.0. The second-order valence-electron chi connectivity index (χ2n) is 9.75. The first kappa shape index (κ1) is 27.6. The fourth-order valence-electron chi connectivity index (χ4n) is 4.14. The number of hydrogen-bond donors (Lipinski definition) is 1. The van der Waals surface area contributed by atoms with Crippen LogP contribution >= 0.6 is 0 Å². The van der Waals surface area contributed by atoms with Crippen LogP contribution in [0, 0.1) is 0 Å². The molecule has 0 saturated carbocycles. The summed E-state index contributed by atoms with van der Waals surface area (Å²) in [7, 11) is -1.79. The lowest BCUT2D eigenvalue weighted by molar-refractivity contribution is 0.0166. The molecule has 1 aliphatic heterocycles. The molecule has 2 atom stereocenters. The summed E-state index contributed by atoms with van der Waals surface area (Å²) >= 11 is 0. The molecule has 0 fully saturated rings. The lowest BCUT2D eigenvalue weighted by Gasteiger charge is -2.28. The summed E-state index contributed by atoms with van der Waals surface area (Å²) in [6.07, 6.45) is 1.77. The second-order valence-corrected chi connectivity index (χ2v) is 12.0. The van der Waals surface area contributed by atoms with E-state index >= 15 is 0 Å². The number of sulfone groups is 1. The van der Waals surface area contributed by atoms with E-state index < -0.39 is 27.6 Å². The van der Waals surface area contributed by atoms with Gasteiger partial charge in [0.25, 0.3) is 5.91 Å². The number of carbonyl (C=O) groups is 2. The summed E-state index contributed by atoms with van der Waals surface area (Å²) in [5.74, 6) is -0.332. The molecular formula is C26H35N3O6S. The fourth-order valence-corrected chi connectivity index (χ4v) is 5.03. The third kappa shape index (κ3) is 6.22. The van der Waals surface area contributed by atoms with Crippen molar-refractivity contribution >= 4 is 21.8 Å². The Kier molecular flexibility index (Phi) is 8.40. The topological polar surface area (TPSA) is 115 Å². The molecule has 1 N–H and O–H groups in total. The van der Waals surface area contributed by atoms with Gasteiger partial charge in [-0.25, -0.2) is 13.2 Å². The van der Waals surface area contributed by atoms with Gasteiger partial charge in [-0.05, 0) is 56.5 Å². The first-order valence-corrected chi connectivity index (χ1v) is 13.7. The number of nitrogens with one attached hydrogen (secondary N) is 1. The van der Waals surface area contributed by atoms with E-state index in [0.29, 0.717) is 18.5 Å². The van der Waals surface area contributed by atoms with Crippen molar-refractivity contribution in [1.82, 2.24) is 15.2 Å². The zero-order chi connectivity index (χ0) is 26.7. The molecule has 1 aromatic heterocycles. The number of nitrogens with zero attached hydrogens (tertiary/aromatic N) is 2. The van der Waals surface area contributed by atoms with Crippen LogP contribution in [0.3, 0.4) is 0 Å². The number of aromatic nitrogens is 1. The molecule has 0 aliphatic carbocycles. The van der Waals surface area contributed by atoms with Gasteiger partial charge in [0.1, 0.15) is 5.60 Å². The van der Waals surface area contributed by atoms with E-state index in [2.05, 4.69) is 10.3 Å². The number of carbonyl (C=O) groups excluding carboxylic acids is 2. The highest BCUT2D eigenvalue weighted by Gasteiger charge is 2.36. The van der Waals surface area contributed by atoms with E-state index in [9.17, 15) is 18.0 Å². The molecule has 1 aromatic carbocycles. The Balaban J connectivity index is 1.79. The highest BCUT2D eigenvalue weighted by atomic mass is 32.2. The fraction of sp³-hybridized carbons (Fsp3) is 0.500. The van der Waals surface area contributed by atoms with Gasteiger partial charge in [-0.3, -0.25) is 14.7 Å². The van der Waals surface area contributed by atoms with E-state index in [4.69, 9.17) is 9.47 Å². The molecule has 0 saturated heterocycles. The van der Waals surface area contributed by atoms with Gasteiger partial charge in [-0.2, -0.15) is 0 Å². The van der Waals surface area contributed by atoms with Crippen molar-refractivity contribution in [3.8, 4) is 0 Å². The van der Waals surface area contributed by atoms with Crippen LogP contribution in [0.5, 0.6) is 0 Å². The average Bonchev–Trinajstić information content (AvgIpc) is 3.21. The minimum Gasteiger partial charge on any atom is -0.444 e. The minimum atomic E-state index is -3.32. The van der Waals surface area contributed by atoms with E-state index in [0.717, 1.165) is 16.8 Å². The van der Waals surface area contributed by atoms with Crippen LogP contribution in [0.25, 0.3) is 0 Å². The highest BCUT2D eigenvalue weighted by molar-refractivity contribution is 7.91. The van der Waals surface area contributed by atoms with Crippen LogP contribution in [0.2, 0.25) is 0 Å². The summed E-state index contributed by atoms with van der Waals surface area (Å²) in [5, 5.41) is 2.95. The molecule has 1 aliphatic rings. The summed E-state index contributed by atoms with van der Waals surface area (Å²) < 4.78 is 35.1. The van der Waals surface area contributed by atoms with Gasteiger partial charge < -0.3 is 14.8 Å².